The molecule has 0 amide bonds. The van der Waals surface area contributed by atoms with Gasteiger partial charge >= 0.3 is 5.97 Å². The number of aliphatic hydroxyl groups excluding tert-OH is 1. The fourth-order valence-corrected chi connectivity index (χ4v) is 2.65. The Bertz CT molecular complexity index is 362. The van der Waals surface area contributed by atoms with Crippen LogP contribution in [0.5, 0.6) is 0 Å². The molecule has 1 atom stereocenters. The fraction of sp³-hybridized carbons (Fsp3) is 0.632. The van der Waals surface area contributed by atoms with E-state index in [1.54, 1.807) is 0 Å². The second kappa shape index (κ2) is 17.4. The molecule has 0 heterocycles. The lowest BCUT2D eigenvalue weighted by Crippen LogP contribution is -2.00. The minimum Gasteiger partial charge on any atom is -0.481 e. The van der Waals surface area contributed by atoms with E-state index in [2.05, 4.69) is 25.2 Å². The average molecular weight is 341 g/mol. The van der Waals surface area contributed by atoms with Gasteiger partial charge in [-0.15, -0.1) is 0 Å². The van der Waals surface area contributed by atoms with E-state index in [-0.39, 0.29) is 12.5 Å². The number of hydrogen-bond acceptors (Lipinski definition) is 3. The summed E-state index contributed by atoms with van der Waals surface area (Å²) in [4.78, 5) is 10.3. The zero-order valence-electron chi connectivity index (χ0n) is 14.3. The third kappa shape index (κ3) is 19.0. The molecule has 0 bridgehead atoms. The van der Waals surface area contributed by atoms with Crippen molar-refractivity contribution in [1.29, 1.82) is 0 Å². The summed E-state index contributed by atoms with van der Waals surface area (Å²) in [6.45, 7) is 2.16. The number of carboxylic acid groups (broad SMARTS) is 1. The highest BCUT2D eigenvalue weighted by Gasteiger charge is 1.96. The van der Waals surface area contributed by atoms with Crippen LogP contribution in [0.2, 0.25) is 0 Å². The van der Waals surface area contributed by atoms with Crippen LogP contribution in [0.15, 0.2) is 36.5 Å². The molecule has 0 saturated heterocycles. The van der Waals surface area contributed by atoms with Crippen LogP contribution in [0.4, 0.5) is 0 Å². The van der Waals surface area contributed by atoms with Crippen LogP contribution in [0.3, 0.4) is 0 Å². The maximum atomic E-state index is 10.3. The molecule has 0 radical (unpaired) electrons. The number of aliphatic carboxylic acids is 1. The SMILES string of the molecule is CCCCC[C@H](O)/C=C/C=C\CSCC/C=C\CCCC(=O)O. The molecule has 0 unspecified atom stereocenters. The Labute approximate surface area is 145 Å². The molecule has 23 heavy (non-hydrogen) atoms. The van der Waals surface area contributed by atoms with Crippen LogP contribution < -0.4 is 0 Å². The van der Waals surface area contributed by atoms with Gasteiger partial charge in [-0.1, -0.05) is 62.6 Å². The van der Waals surface area contributed by atoms with Gasteiger partial charge in [0.2, 0.25) is 0 Å². The first-order valence-electron chi connectivity index (χ1n) is 8.62. The minimum atomic E-state index is -0.719. The summed E-state index contributed by atoms with van der Waals surface area (Å²) < 4.78 is 0. The second-order valence-electron chi connectivity index (χ2n) is 5.50. The van der Waals surface area contributed by atoms with E-state index < -0.39 is 5.97 Å². The van der Waals surface area contributed by atoms with E-state index in [1.807, 2.05) is 30.0 Å². The summed E-state index contributed by atoms with van der Waals surface area (Å²) in [6.07, 6.45) is 18.9. The number of rotatable bonds is 15. The highest BCUT2D eigenvalue weighted by atomic mass is 32.2. The molecule has 0 aliphatic rings. The van der Waals surface area contributed by atoms with Crippen molar-refractivity contribution in [1.82, 2.24) is 0 Å². The Morgan fingerprint density at radius 1 is 1.09 bits per heavy atom. The van der Waals surface area contributed by atoms with Gasteiger partial charge in [0.25, 0.3) is 0 Å². The van der Waals surface area contributed by atoms with Gasteiger partial charge in [0.05, 0.1) is 6.10 Å². The van der Waals surface area contributed by atoms with Crippen LogP contribution in [0.25, 0.3) is 0 Å². The molecule has 0 fully saturated rings. The molecule has 0 aromatic heterocycles. The molecule has 132 valence electrons. The summed E-state index contributed by atoms with van der Waals surface area (Å²) in [7, 11) is 0. The molecule has 0 spiro atoms. The molecule has 0 aromatic carbocycles. The van der Waals surface area contributed by atoms with Crippen molar-refractivity contribution >= 4 is 17.7 Å². The number of carboxylic acids is 1. The normalized spacial score (nSPS) is 13.5. The maximum Gasteiger partial charge on any atom is 0.303 e. The van der Waals surface area contributed by atoms with E-state index in [0.717, 1.165) is 43.6 Å². The van der Waals surface area contributed by atoms with Gasteiger partial charge in [-0.3, -0.25) is 4.79 Å². The van der Waals surface area contributed by atoms with Crippen molar-refractivity contribution in [2.75, 3.05) is 11.5 Å². The fourth-order valence-electron chi connectivity index (χ4n) is 1.94. The van der Waals surface area contributed by atoms with Gasteiger partial charge in [-0.2, -0.15) is 11.8 Å². The van der Waals surface area contributed by atoms with E-state index in [4.69, 9.17) is 5.11 Å². The van der Waals surface area contributed by atoms with Crippen molar-refractivity contribution in [2.45, 2.75) is 64.4 Å². The van der Waals surface area contributed by atoms with E-state index in [0.29, 0.717) is 0 Å². The molecule has 4 heteroatoms. The minimum absolute atomic E-state index is 0.255. The van der Waals surface area contributed by atoms with Crippen LogP contribution in [0, 0.1) is 0 Å². The zero-order valence-corrected chi connectivity index (χ0v) is 15.1. The van der Waals surface area contributed by atoms with E-state index >= 15 is 0 Å². The lowest BCUT2D eigenvalue weighted by molar-refractivity contribution is -0.137. The Morgan fingerprint density at radius 3 is 2.61 bits per heavy atom. The summed E-state index contributed by atoms with van der Waals surface area (Å²) in [6, 6.07) is 0. The lowest BCUT2D eigenvalue weighted by Gasteiger charge is -2.03. The molecule has 0 aliphatic carbocycles. The molecular formula is C19H32O3S. The van der Waals surface area contributed by atoms with Crippen LogP contribution in [-0.4, -0.2) is 33.8 Å². The quantitative estimate of drug-likeness (QED) is 0.251. The average Bonchev–Trinajstić information content (AvgIpc) is 2.51. The zero-order chi connectivity index (χ0) is 17.2. The molecular weight excluding hydrogens is 308 g/mol. The maximum absolute atomic E-state index is 10.3. The van der Waals surface area contributed by atoms with Gasteiger partial charge in [-0.25, -0.2) is 0 Å². The number of carbonyl (C=O) groups is 1. The van der Waals surface area contributed by atoms with Crippen molar-refractivity contribution in [2.24, 2.45) is 0 Å². The Morgan fingerprint density at radius 2 is 1.87 bits per heavy atom. The Balaban J connectivity index is 3.43. The third-order valence-electron chi connectivity index (χ3n) is 3.25. The van der Waals surface area contributed by atoms with E-state index in [9.17, 15) is 9.90 Å². The standard InChI is InChI=1S/C19H32O3S/c1-2-3-8-13-18(20)14-9-7-12-17-23-16-11-6-4-5-10-15-19(21)22/h4,6-7,9,12,14,18,20H,2-3,5,8,10-11,13,15-17H2,1H3,(H,21,22)/b6-4-,12-7-,14-9+/t18-/m0/s1. The highest BCUT2D eigenvalue weighted by molar-refractivity contribution is 7.99. The van der Waals surface area contributed by atoms with Gasteiger partial charge < -0.3 is 10.2 Å². The highest BCUT2D eigenvalue weighted by Crippen LogP contribution is 2.06. The van der Waals surface area contributed by atoms with Gasteiger partial charge in [0, 0.05) is 12.2 Å². The summed E-state index contributed by atoms with van der Waals surface area (Å²) >= 11 is 1.87. The Kier molecular flexibility index (Phi) is 16.6. The first-order chi connectivity index (χ1) is 11.2. The largest absolute Gasteiger partial charge is 0.481 e. The van der Waals surface area contributed by atoms with Crippen molar-refractivity contribution < 1.29 is 15.0 Å². The first kappa shape index (κ1) is 22.0. The van der Waals surface area contributed by atoms with Gasteiger partial charge in [-0.05, 0) is 31.4 Å². The van der Waals surface area contributed by atoms with Crippen LogP contribution in [0.1, 0.15) is 58.3 Å². The van der Waals surface area contributed by atoms with Crippen molar-refractivity contribution in [3.63, 3.8) is 0 Å². The number of hydrogen-bond donors (Lipinski definition) is 2. The number of allylic oxidation sites excluding steroid dienone is 4. The van der Waals surface area contributed by atoms with Gasteiger partial charge in [0.15, 0.2) is 0 Å². The molecule has 2 N–H and O–H groups in total. The predicted molar refractivity (Wildman–Crippen MR) is 101 cm³/mol. The number of unbranched alkanes of at least 4 members (excludes halogenated alkanes) is 3. The van der Waals surface area contributed by atoms with Crippen molar-refractivity contribution in [3.05, 3.63) is 36.5 Å². The number of aliphatic hydroxyl groups is 1. The van der Waals surface area contributed by atoms with Crippen LogP contribution in [-0.2, 0) is 4.79 Å². The monoisotopic (exact) mass is 340 g/mol. The van der Waals surface area contributed by atoms with Crippen LogP contribution >= 0.6 is 11.8 Å². The first-order valence-corrected chi connectivity index (χ1v) is 9.78. The summed E-state index contributed by atoms with van der Waals surface area (Å²) in [5.74, 6) is 1.33. The summed E-state index contributed by atoms with van der Waals surface area (Å²) in [5.41, 5.74) is 0. The smallest absolute Gasteiger partial charge is 0.303 e. The number of thioether (sulfide) groups is 1. The molecule has 0 aromatic rings. The molecule has 3 nitrogen and oxygen atoms in total. The predicted octanol–water partition coefficient (Wildman–Crippen LogP) is 4.97. The molecule has 0 saturated carbocycles. The second-order valence-corrected chi connectivity index (χ2v) is 6.65. The topological polar surface area (TPSA) is 57.5 Å². The third-order valence-corrected chi connectivity index (χ3v) is 4.21. The Hall–Kier alpha value is -1.00. The lowest BCUT2D eigenvalue weighted by atomic mass is 10.1. The summed E-state index contributed by atoms with van der Waals surface area (Å²) in [5, 5.41) is 18.2. The van der Waals surface area contributed by atoms with E-state index in [1.165, 1.54) is 12.8 Å². The molecule has 0 rings (SSSR count). The van der Waals surface area contributed by atoms with Gasteiger partial charge in [0.1, 0.15) is 0 Å². The molecule has 0 aliphatic heterocycles. The van der Waals surface area contributed by atoms with Crippen molar-refractivity contribution in [3.8, 4) is 0 Å².